The van der Waals surface area contributed by atoms with Crippen molar-refractivity contribution in [2.45, 2.75) is 12.1 Å². The number of H-pyrrole nitrogens is 1. The van der Waals surface area contributed by atoms with Crippen molar-refractivity contribution in [1.82, 2.24) is 20.5 Å². The summed E-state index contributed by atoms with van der Waals surface area (Å²) in [5.41, 5.74) is 1.92. The highest BCUT2D eigenvalue weighted by Crippen LogP contribution is 2.29. The minimum absolute atomic E-state index is 0.0434. The van der Waals surface area contributed by atoms with Crippen LogP contribution in [0.1, 0.15) is 22.7 Å². The molecule has 1 aliphatic heterocycles. The molecule has 1 unspecified atom stereocenters. The van der Waals surface area contributed by atoms with Gasteiger partial charge in [0.25, 0.3) is 5.91 Å². The third kappa shape index (κ3) is 4.74. The van der Waals surface area contributed by atoms with Crippen LogP contribution >= 0.6 is 11.6 Å². The molecule has 4 amide bonds. The number of hydrogen-bond donors (Lipinski definition) is 5. The SMILES string of the molecule is N#Cc1ccc(C(C(=O)NC(CO)CO)N2C(=O)NC(=Cc3c[nH]c4cc(Cl)ccc34)C2=O)cc1. The first-order valence-corrected chi connectivity index (χ1v) is 10.9. The van der Waals surface area contributed by atoms with Crippen molar-refractivity contribution in [3.8, 4) is 6.07 Å². The molecule has 2 heterocycles. The fraction of sp³-hybridized carbons (Fsp3) is 0.167. The number of nitriles is 1. The number of carbonyl (C=O) groups is 3. The Balaban J connectivity index is 1.71. The Labute approximate surface area is 204 Å². The number of rotatable bonds is 7. The molecule has 1 atom stereocenters. The molecule has 0 radical (unpaired) electrons. The number of amides is 4. The van der Waals surface area contributed by atoms with Gasteiger partial charge in [0.2, 0.25) is 5.91 Å². The molecule has 4 rings (SSSR count). The van der Waals surface area contributed by atoms with E-state index in [4.69, 9.17) is 16.9 Å². The van der Waals surface area contributed by atoms with E-state index in [0.717, 1.165) is 15.8 Å². The predicted molar refractivity (Wildman–Crippen MR) is 127 cm³/mol. The van der Waals surface area contributed by atoms with E-state index in [0.29, 0.717) is 16.1 Å². The molecule has 2 aromatic carbocycles. The molecule has 178 valence electrons. The highest BCUT2D eigenvalue weighted by Gasteiger charge is 2.43. The standard InChI is InChI=1S/C24H20ClN5O5/c25-16-5-6-18-15(10-27-19(18)8-16)7-20-23(34)30(24(35)29-20)21(22(33)28-17(11-31)12-32)14-3-1-13(9-26)2-4-14/h1-8,10,17,21,27,31-32H,11-12H2,(H,28,33)(H,29,35). The second-order valence-electron chi connectivity index (χ2n) is 7.80. The van der Waals surface area contributed by atoms with Crippen molar-refractivity contribution >= 4 is 46.4 Å². The van der Waals surface area contributed by atoms with Crippen LogP contribution in [-0.4, -0.2) is 57.2 Å². The van der Waals surface area contributed by atoms with Gasteiger partial charge in [-0.3, -0.25) is 9.59 Å². The number of halogens is 1. The van der Waals surface area contributed by atoms with Crippen molar-refractivity contribution in [2.75, 3.05) is 13.2 Å². The number of nitrogens with one attached hydrogen (secondary N) is 3. The highest BCUT2D eigenvalue weighted by atomic mass is 35.5. The van der Waals surface area contributed by atoms with E-state index < -0.39 is 43.1 Å². The average Bonchev–Trinajstić information content (AvgIpc) is 3.38. The van der Waals surface area contributed by atoms with E-state index in [9.17, 15) is 24.6 Å². The number of carbonyl (C=O) groups excluding carboxylic acids is 3. The number of aromatic amines is 1. The quantitative estimate of drug-likeness (QED) is 0.249. The summed E-state index contributed by atoms with van der Waals surface area (Å²) in [6.07, 6.45) is 3.15. The van der Waals surface area contributed by atoms with Crippen molar-refractivity contribution in [1.29, 1.82) is 5.26 Å². The summed E-state index contributed by atoms with van der Waals surface area (Å²) in [5.74, 6) is -1.53. The molecule has 0 spiro atoms. The van der Waals surface area contributed by atoms with E-state index in [1.165, 1.54) is 30.3 Å². The van der Waals surface area contributed by atoms with Crippen LogP contribution in [0.3, 0.4) is 0 Å². The largest absolute Gasteiger partial charge is 0.394 e. The summed E-state index contributed by atoms with van der Waals surface area (Å²) in [4.78, 5) is 43.1. The van der Waals surface area contributed by atoms with Crippen LogP contribution in [0.2, 0.25) is 5.02 Å². The van der Waals surface area contributed by atoms with E-state index in [1.807, 2.05) is 6.07 Å². The molecule has 5 N–H and O–H groups in total. The number of nitrogens with zero attached hydrogens (tertiary/aromatic N) is 2. The van der Waals surface area contributed by atoms with Crippen LogP contribution in [0.5, 0.6) is 0 Å². The van der Waals surface area contributed by atoms with Crippen molar-refractivity contribution in [3.63, 3.8) is 0 Å². The molecule has 10 nitrogen and oxygen atoms in total. The van der Waals surface area contributed by atoms with Gasteiger partial charge in [-0.05, 0) is 35.9 Å². The fourth-order valence-electron chi connectivity index (χ4n) is 3.77. The maximum atomic E-state index is 13.3. The summed E-state index contributed by atoms with van der Waals surface area (Å²) < 4.78 is 0. The Morgan fingerprint density at radius 1 is 1.17 bits per heavy atom. The molecular formula is C24H20ClN5O5. The smallest absolute Gasteiger partial charge is 0.330 e. The zero-order valence-electron chi connectivity index (χ0n) is 18.2. The van der Waals surface area contributed by atoms with Gasteiger partial charge in [-0.15, -0.1) is 0 Å². The van der Waals surface area contributed by atoms with E-state index in [-0.39, 0.29) is 11.3 Å². The lowest BCUT2D eigenvalue weighted by Gasteiger charge is -2.26. The Morgan fingerprint density at radius 3 is 2.54 bits per heavy atom. The average molecular weight is 494 g/mol. The normalized spacial score (nSPS) is 15.5. The summed E-state index contributed by atoms with van der Waals surface area (Å²) in [5, 5.41) is 34.1. The van der Waals surface area contributed by atoms with Crippen LogP contribution in [0, 0.1) is 11.3 Å². The highest BCUT2D eigenvalue weighted by molar-refractivity contribution is 6.31. The lowest BCUT2D eigenvalue weighted by atomic mass is 10.0. The summed E-state index contributed by atoms with van der Waals surface area (Å²) in [6, 6.07) is 9.77. The van der Waals surface area contributed by atoms with Crippen LogP contribution in [-0.2, 0) is 9.59 Å². The molecule has 0 bridgehead atoms. The number of imide groups is 1. The molecule has 1 aliphatic rings. The maximum absolute atomic E-state index is 13.3. The van der Waals surface area contributed by atoms with Crippen molar-refractivity contribution < 1.29 is 24.6 Å². The van der Waals surface area contributed by atoms with Gasteiger partial charge in [0.15, 0.2) is 0 Å². The molecule has 1 aromatic heterocycles. The van der Waals surface area contributed by atoms with Gasteiger partial charge in [-0.1, -0.05) is 29.8 Å². The molecule has 0 saturated carbocycles. The Kier molecular flexibility index (Phi) is 6.84. The van der Waals surface area contributed by atoms with Gasteiger partial charge in [0, 0.05) is 27.7 Å². The molecule has 1 fully saturated rings. The molecule has 11 heteroatoms. The Hall–Kier alpha value is -4.17. The second kappa shape index (κ2) is 9.99. The monoisotopic (exact) mass is 493 g/mol. The van der Waals surface area contributed by atoms with Crippen LogP contribution in [0.25, 0.3) is 17.0 Å². The summed E-state index contributed by atoms with van der Waals surface area (Å²) in [7, 11) is 0. The predicted octanol–water partition coefficient (Wildman–Crippen LogP) is 1.80. The van der Waals surface area contributed by atoms with E-state index in [2.05, 4.69) is 15.6 Å². The first kappa shape index (κ1) is 24.0. The number of urea groups is 1. The lowest BCUT2D eigenvalue weighted by molar-refractivity contribution is -0.134. The van der Waals surface area contributed by atoms with Crippen molar-refractivity contribution in [2.24, 2.45) is 0 Å². The molecular weight excluding hydrogens is 474 g/mol. The van der Waals surface area contributed by atoms with Crippen LogP contribution in [0.15, 0.2) is 54.4 Å². The molecule has 35 heavy (non-hydrogen) atoms. The molecule has 0 aliphatic carbocycles. The van der Waals surface area contributed by atoms with Crippen LogP contribution < -0.4 is 10.6 Å². The number of hydrogen-bond acceptors (Lipinski definition) is 6. The zero-order valence-corrected chi connectivity index (χ0v) is 18.9. The van der Waals surface area contributed by atoms with Gasteiger partial charge < -0.3 is 25.8 Å². The Bertz CT molecular complexity index is 1370. The fourth-order valence-corrected chi connectivity index (χ4v) is 3.94. The molecule has 1 saturated heterocycles. The number of aromatic nitrogens is 1. The minimum Gasteiger partial charge on any atom is -0.394 e. The number of fused-ring (bicyclic) bond motifs is 1. The number of aliphatic hydroxyl groups is 2. The zero-order chi connectivity index (χ0) is 25.1. The topological polar surface area (TPSA) is 159 Å². The summed E-state index contributed by atoms with van der Waals surface area (Å²) >= 11 is 6.02. The summed E-state index contributed by atoms with van der Waals surface area (Å²) in [6.45, 7) is -1.09. The van der Waals surface area contributed by atoms with E-state index >= 15 is 0 Å². The minimum atomic E-state index is -1.41. The van der Waals surface area contributed by atoms with Gasteiger partial charge in [-0.25, -0.2) is 9.69 Å². The third-order valence-corrected chi connectivity index (χ3v) is 5.77. The first-order valence-electron chi connectivity index (χ1n) is 10.5. The maximum Gasteiger partial charge on any atom is 0.330 e. The van der Waals surface area contributed by atoms with Crippen LogP contribution in [0.4, 0.5) is 4.79 Å². The second-order valence-corrected chi connectivity index (χ2v) is 8.24. The van der Waals surface area contributed by atoms with Crippen molar-refractivity contribution in [3.05, 3.63) is 76.1 Å². The van der Waals surface area contributed by atoms with Gasteiger partial charge >= 0.3 is 6.03 Å². The van der Waals surface area contributed by atoms with Gasteiger partial charge in [-0.2, -0.15) is 5.26 Å². The Morgan fingerprint density at radius 2 is 1.89 bits per heavy atom. The lowest BCUT2D eigenvalue weighted by Crippen LogP contribution is -2.48. The third-order valence-electron chi connectivity index (χ3n) is 5.53. The van der Waals surface area contributed by atoms with Gasteiger partial charge in [0.05, 0.1) is 30.9 Å². The first-order chi connectivity index (χ1) is 16.9. The van der Waals surface area contributed by atoms with E-state index in [1.54, 1.807) is 24.4 Å². The van der Waals surface area contributed by atoms with Gasteiger partial charge in [0.1, 0.15) is 11.7 Å². The molecule has 3 aromatic rings. The number of benzene rings is 2. The number of aliphatic hydroxyl groups excluding tert-OH is 2.